The van der Waals surface area contributed by atoms with Gasteiger partial charge >= 0.3 is 0 Å². The maximum atomic E-state index is 11.7. The van der Waals surface area contributed by atoms with Crippen LogP contribution >= 0.6 is 34.2 Å². The summed E-state index contributed by atoms with van der Waals surface area (Å²) in [6.07, 6.45) is 2.16. The molecule has 1 amide bonds. The zero-order valence-corrected chi connectivity index (χ0v) is 12.1. The van der Waals surface area contributed by atoms with E-state index in [1.165, 1.54) is 0 Å². The lowest BCUT2D eigenvalue weighted by Gasteiger charge is -2.05. The van der Waals surface area contributed by atoms with Crippen LogP contribution in [0.25, 0.3) is 0 Å². The SMILES string of the molecule is Cc1ccc(C(=O)NCCCCI)cc1Cl. The number of hydrogen-bond acceptors (Lipinski definition) is 1. The van der Waals surface area contributed by atoms with E-state index in [2.05, 4.69) is 27.9 Å². The van der Waals surface area contributed by atoms with Crippen LogP contribution < -0.4 is 5.32 Å². The van der Waals surface area contributed by atoms with Crippen molar-refractivity contribution in [2.75, 3.05) is 11.0 Å². The molecule has 0 saturated carbocycles. The molecule has 1 aromatic rings. The molecule has 0 aliphatic carbocycles. The van der Waals surface area contributed by atoms with Crippen molar-refractivity contribution in [1.82, 2.24) is 5.32 Å². The molecule has 2 nitrogen and oxygen atoms in total. The monoisotopic (exact) mass is 351 g/mol. The molecule has 0 aliphatic heterocycles. The van der Waals surface area contributed by atoms with Crippen molar-refractivity contribution in [2.24, 2.45) is 0 Å². The number of carbonyl (C=O) groups excluding carboxylic acids is 1. The van der Waals surface area contributed by atoms with Crippen LogP contribution in [0.2, 0.25) is 5.02 Å². The largest absolute Gasteiger partial charge is 0.352 e. The third-order valence-electron chi connectivity index (χ3n) is 2.28. The maximum Gasteiger partial charge on any atom is 0.251 e. The summed E-state index contributed by atoms with van der Waals surface area (Å²) in [5, 5.41) is 3.52. The van der Waals surface area contributed by atoms with Gasteiger partial charge in [0.1, 0.15) is 0 Å². The molecule has 0 radical (unpaired) electrons. The number of amides is 1. The first kappa shape index (κ1) is 13.8. The van der Waals surface area contributed by atoms with Crippen molar-refractivity contribution < 1.29 is 4.79 Å². The summed E-state index contributed by atoms with van der Waals surface area (Å²) in [5.41, 5.74) is 1.62. The van der Waals surface area contributed by atoms with E-state index < -0.39 is 0 Å². The Hall–Kier alpha value is -0.290. The molecule has 0 spiro atoms. The average Bonchev–Trinajstić information content (AvgIpc) is 2.28. The van der Waals surface area contributed by atoms with Crippen LogP contribution in [0.3, 0.4) is 0 Å². The normalized spacial score (nSPS) is 10.2. The molecule has 88 valence electrons. The van der Waals surface area contributed by atoms with Gasteiger partial charge in [0.25, 0.3) is 5.91 Å². The molecule has 0 aromatic heterocycles. The number of rotatable bonds is 5. The smallest absolute Gasteiger partial charge is 0.251 e. The van der Waals surface area contributed by atoms with Crippen molar-refractivity contribution in [2.45, 2.75) is 19.8 Å². The summed E-state index contributed by atoms with van der Waals surface area (Å²) in [5.74, 6) is -0.0460. The predicted octanol–water partition coefficient (Wildman–Crippen LogP) is 3.59. The van der Waals surface area contributed by atoms with Gasteiger partial charge in [-0.15, -0.1) is 0 Å². The Morgan fingerprint density at radius 3 is 2.81 bits per heavy atom. The molecule has 0 bridgehead atoms. The lowest BCUT2D eigenvalue weighted by atomic mass is 10.1. The maximum absolute atomic E-state index is 11.7. The highest BCUT2D eigenvalue weighted by atomic mass is 127. The van der Waals surface area contributed by atoms with Crippen LogP contribution in [-0.4, -0.2) is 16.9 Å². The molecule has 0 fully saturated rings. The Kier molecular flexibility index (Phi) is 6.13. The molecule has 1 rings (SSSR count). The quantitative estimate of drug-likeness (QED) is 0.490. The molecular weight excluding hydrogens is 336 g/mol. The Morgan fingerprint density at radius 1 is 1.44 bits per heavy atom. The zero-order valence-electron chi connectivity index (χ0n) is 9.22. The number of aryl methyl sites for hydroxylation is 1. The van der Waals surface area contributed by atoms with Crippen molar-refractivity contribution in [3.63, 3.8) is 0 Å². The van der Waals surface area contributed by atoms with E-state index in [0.29, 0.717) is 10.6 Å². The fraction of sp³-hybridized carbons (Fsp3) is 0.417. The fourth-order valence-corrected chi connectivity index (χ4v) is 1.98. The van der Waals surface area contributed by atoms with Gasteiger partial charge in [-0.2, -0.15) is 0 Å². The van der Waals surface area contributed by atoms with Gasteiger partial charge in [0.05, 0.1) is 0 Å². The first-order chi connectivity index (χ1) is 7.65. The summed E-state index contributed by atoms with van der Waals surface area (Å²) < 4.78 is 1.13. The molecule has 1 N–H and O–H groups in total. The topological polar surface area (TPSA) is 29.1 Å². The van der Waals surface area contributed by atoms with E-state index in [1.54, 1.807) is 12.1 Å². The van der Waals surface area contributed by atoms with Crippen LogP contribution in [-0.2, 0) is 0 Å². The van der Waals surface area contributed by atoms with Crippen LogP contribution in [0.4, 0.5) is 0 Å². The molecule has 0 unspecified atom stereocenters. The molecule has 16 heavy (non-hydrogen) atoms. The summed E-state index contributed by atoms with van der Waals surface area (Å²) in [6.45, 7) is 2.65. The van der Waals surface area contributed by atoms with E-state index in [0.717, 1.165) is 29.4 Å². The Labute approximate surface area is 115 Å². The van der Waals surface area contributed by atoms with E-state index in [9.17, 15) is 4.79 Å². The van der Waals surface area contributed by atoms with Crippen LogP contribution in [0.15, 0.2) is 18.2 Å². The standard InChI is InChI=1S/C12H15ClINO/c1-9-4-5-10(8-11(9)13)12(16)15-7-3-2-6-14/h4-5,8H,2-3,6-7H2,1H3,(H,15,16). The van der Waals surface area contributed by atoms with E-state index >= 15 is 0 Å². The van der Waals surface area contributed by atoms with Gasteiger partial charge in [-0.05, 0) is 41.9 Å². The predicted molar refractivity (Wildman–Crippen MR) is 76.6 cm³/mol. The number of benzene rings is 1. The molecule has 0 heterocycles. The fourth-order valence-electron chi connectivity index (χ4n) is 1.26. The van der Waals surface area contributed by atoms with Gasteiger partial charge in [0.15, 0.2) is 0 Å². The summed E-state index contributed by atoms with van der Waals surface area (Å²) in [7, 11) is 0. The third kappa shape index (κ3) is 4.29. The highest BCUT2D eigenvalue weighted by Gasteiger charge is 2.06. The van der Waals surface area contributed by atoms with Gasteiger partial charge in [-0.3, -0.25) is 4.79 Å². The second-order valence-corrected chi connectivity index (χ2v) is 5.10. The molecule has 0 aliphatic rings. The minimum Gasteiger partial charge on any atom is -0.352 e. The highest BCUT2D eigenvalue weighted by molar-refractivity contribution is 14.1. The van der Waals surface area contributed by atoms with Gasteiger partial charge in [-0.1, -0.05) is 40.3 Å². The van der Waals surface area contributed by atoms with E-state index in [1.807, 2.05) is 13.0 Å². The summed E-state index contributed by atoms with van der Waals surface area (Å²) in [6, 6.07) is 5.38. The van der Waals surface area contributed by atoms with E-state index in [4.69, 9.17) is 11.6 Å². The van der Waals surface area contributed by atoms with Crippen LogP contribution in [0, 0.1) is 6.92 Å². The van der Waals surface area contributed by atoms with Gasteiger partial charge in [0, 0.05) is 17.1 Å². The minimum absolute atomic E-state index is 0.0460. The van der Waals surface area contributed by atoms with Crippen molar-refractivity contribution in [3.05, 3.63) is 34.3 Å². The number of carbonyl (C=O) groups is 1. The van der Waals surface area contributed by atoms with Gasteiger partial charge in [0.2, 0.25) is 0 Å². The minimum atomic E-state index is -0.0460. The molecule has 0 atom stereocenters. The Bertz CT molecular complexity index is 368. The highest BCUT2D eigenvalue weighted by Crippen LogP contribution is 2.16. The first-order valence-electron chi connectivity index (χ1n) is 5.25. The van der Waals surface area contributed by atoms with Crippen molar-refractivity contribution in [1.29, 1.82) is 0 Å². The second kappa shape index (κ2) is 7.12. The van der Waals surface area contributed by atoms with Crippen molar-refractivity contribution in [3.8, 4) is 0 Å². The van der Waals surface area contributed by atoms with E-state index in [-0.39, 0.29) is 5.91 Å². The molecular formula is C12H15ClINO. The summed E-state index contributed by atoms with van der Waals surface area (Å²) >= 11 is 8.29. The molecule has 0 saturated heterocycles. The molecule has 4 heteroatoms. The Balaban J connectivity index is 2.50. The molecule has 1 aromatic carbocycles. The lowest BCUT2D eigenvalue weighted by Crippen LogP contribution is -2.24. The summed E-state index contributed by atoms with van der Waals surface area (Å²) in [4.78, 5) is 11.7. The van der Waals surface area contributed by atoms with Crippen molar-refractivity contribution >= 4 is 40.1 Å². The van der Waals surface area contributed by atoms with Crippen LogP contribution in [0.1, 0.15) is 28.8 Å². The average molecular weight is 352 g/mol. The van der Waals surface area contributed by atoms with Crippen LogP contribution in [0.5, 0.6) is 0 Å². The lowest BCUT2D eigenvalue weighted by molar-refractivity contribution is 0.0953. The third-order valence-corrected chi connectivity index (χ3v) is 3.45. The zero-order chi connectivity index (χ0) is 12.0. The Morgan fingerprint density at radius 2 is 2.19 bits per heavy atom. The van der Waals surface area contributed by atoms with Gasteiger partial charge < -0.3 is 5.32 Å². The van der Waals surface area contributed by atoms with Gasteiger partial charge in [-0.25, -0.2) is 0 Å². The number of hydrogen-bond donors (Lipinski definition) is 1. The second-order valence-electron chi connectivity index (χ2n) is 3.62. The number of halogens is 2. The first-order valence-corrected chi connectivity index (χ1v) is 7.16. The number of unbranched alkanes of at least 4 members (excludes halogenated alkanes) is 1. The number of nitrogens with one attached hydrogen (secondary N) is 1. The number of alkyl halides is 1.